The molecule has 4 nitrogen and oxygen atoms in total. The second kappa shape index (κ2) is 8.24. The van der Waals surface area contributed by atoms with E-state index in [9.17, 15) is 18.0 Å². The third-order valence-corrected chi connectivity index (χ3v) is 5.33. The van der Waals surface area contributed by atoms with Gasteiger partial charge in [0.25, 0.3) is 0 Å². The van der Waals surface area contributed by atoms with E-state index >= 15 is 0 Å². The number of rotatable bonds is 4. The van der Waals surface area contributed by atoms with Crippen LogP contribution < -0.4 is 14.9 Å². The normalized spacial score (nSPS) is 11.6. The van der Waals surface area contributed by atoms with E-state index in [1.807, 2.05) is 0 Å². The van der Waals surface area contributed by atoms with Crippen molar-refractivity contribution >= 4 is 22.5 Å². The number of fused-ring (bicyclic) bond motifs is 1. The molecule has 1 aromatic heterocycles. The fourth-order valence-corrected chi connectivity index (χ4v) is 3.86. The second-order valence-electron chi connectivity index (χ2n) is 7.14. The zero-order valence-electron chi connectivity index (χ0n) is 17.0. The molecule has 0 saturated carbocycles. The molecule has 0 aliphatic heterocycles. The zero-order valence-corrected chi connectivity index (χ0v) is 17.8. The molecule has 4 rings (SSSR count). The van der Waals surface area contributed by atoms with Gasteiger partial charge in [-0.2, -0.15) is 0 Å². The van der Waals surface area contributed by atoms with Gasteiger partial charge in [0.05, 0.1) is 17.6 Å². The summed E-state index contributed by atoms with van der Waals surface area (Å²) in [4.78, 5) is 16.4. The molecule has 4 aromatic rings. The lowest BCUT2D eigenvalue weighted by atomic mass is 9.98. The van der Waals surface area contributed by atoms with Crippen molar-refractivity contribution in [1.82, 2.24) is 4.98 Å². The minimum absolute atomic E-state index is 0.186. The van der Waals surface area contributed by atoms with Crippen molar-refractivity contribution in [3.8, 4) is 33.8 Å². The van der Waals surface area contributed by atoms with E-state index < -0.39 is 6.36 Å². The zero-order chi connectivity index (χ0) is 23.0. The van der Waals surface area contributed by atoms with Crippen molar-refractivity contribution in [2.75, 3.05) is 7.11 Å². The number of aryl methyl sites for hydroxylation is 1. The predicted octanol–water partition coefficient (Wildman–Crippen LogP) is 6.73. The Hall–Kier alpha value is -3.45. The number of hydrogen-bond donors (Lipinski definition) is 1. The highest BCUT2D eigenvalue weighted by atomic mass is 35.5. The molecule has 3 aromatic carbocycles. The van der Waals surface area contributed by atoms with Crippen molar-refractivity contribution in [2.45, 2.75) is 13.3 Å². The van der Waals surface area contributed by atoms with Gasteiger partial charge in [-0.25, -0.2) is 0 Å². The van der Waals surface area contributed by atoms with Crippen molar-refractivity contribution in [3.63, 3.8) is 0 Å². The highest BCUT2D eigenvalue weighted by molar-refractivity contribution is 6.32. The van der Waals surface area contributed by atoms with Gasteiger partial charge in [-0.3, -0.25) is 4.79 Å². The van der Waals surface area contributed by atoms with Crippen LogP contribution in [0.3, 0.4) is 0 Å². The lowest BCUT2D eigenvalue weighted by Gasteiger charge is -2.12. The van der Waals surface area contributed by atoms with Gasteiger partial charge in [0.1, 0.15) is 11.5 Å². The summed E-state index contributed by atoms with van der Waals surface area (Å²) >= 11 is 6.20. The second-order valence-corrected chi connectivity index (χ2v) is 7.55. The van der Waals surface area contributed by atoms with Crippen LogP contribution >= 0.6 is 11.6 Å². The van der Waals surface area contributed by atoms with Crippen LogP contribution in [0.15, 0.2) is 65.5 Å². The first kappa shape index (κ1) is 21.8. The van der Waals surface area contributed by atoms with E-state index in [0.717, 1.165) is 0 Å². The maximum absolute atomic E-state index is 13.2. The molecule has 0 radical (unpaired) electrons. The Balaban J connectivity index is 1.74. The van der Waals surface area contributed by atoms with Gasteiger partial charge in [0, 0.05) is 22.7 Å². The fourth-order valence-electron chi connectivity index (χ4n) is 3.62. The molecular formula is C24H17ClF3NO3. The molecule has 32 heavy (non-hydrogen) atoms. The van der Waals surface area contributed by atoms with E-state index in [4.69, 9.17) is 16.3 Å². The van der Waals surface area contributed by atoms with E-state index in [1.54, 1.807) is 49.4 Å². The number of methoxy groups -OCH3 is 1. The number of ether oxygens (including phenoxy) is 2. The van der Waals surface area contributed by atoms with Gasteiger partial charge < -0.3 is 14.5 Å². The van der Waals surface area contributed by atoms with Crippen molar-refractivity contribution < 1.29 is 22.6 Å². The van der Waals surface area contributed by atoms with Crippen LogP contribution in [0.2, 0.25) is 5.02 Å². The van der Waals surface area contributed by atoms with E-state index in [2.05, 4.69) is 9.72 Å². The van der Waals surface area contributed by atoms with Crippen LogP contribution in [0.4, 0.5) is 13.2 Å². The molecule has 0 spiro atoms. The summed E-state index contributed by atoms with van der Waals surface area (Å²) < 4.78 is 46.7. The summed E-state index contributed by atoms with van der Waals surface area (Å²) in [6.45, 7) is 1.79. The van der Waals surface area contributed by atoms with E-state index in [0.29, 0.717) is 49.6 Å². The molecule has 8 heteroatoms. The molecule has 0 aliphatic carbocycles. The van der Waals surface area contributed by atoms with Crippen molar-refractivity contribution in [2.24, 2.45) is 0 Å². The summed E-state index contributed by atoms with van der Waals surface area (Å²) in [6.07, 6.45) is -4.76. The third-order valence-electron chi connectivity index (χ3n) is 5.04. The van der Waals surface area contributed by atoms with Crippen molar-refractivity contribution in [3.05, 3.63) is 81.6 Å². The number of alkyl halides is 3. The summed E-state index contributed by atoms with van der Waals surface area (Å²) in [5.41, 5.74) is 3.48. The Kier molecular flexibility index (Phi) is 5.60. The summed E-state index contributed by atoms with van der Waals surface area (Å²) in [6, 6.07) is 15.9. The minimum Gasteiger partial charge on any atom is -0.495 e. The van der Waals surface area contributed by atoms with Gasteiger partial charge in [-0.15, -0.1) is 13.2 Å². The van der Waals surface area contributed by atoms with Crippen LogP contribution in [-0.2, 0) is 0 Å². The van der Waals surface area contributed by atoms with E-state index in [1.165, 1.54) is 25.3 Å². The van der Waals surface area contributed by atoms with Crippen LogP contribution in [0.25, 0.3) is 33.2 Å². The molecular weight excluding hydrogens is 443 g/mol. The molecule has 0 bridgehead atoms. The lowest BCUT2D eigenvalue weighted by molar-refractivity contribution is -0.274. The Morgan fingerprint density at radius 3 is 2.28 bits per heavy atom. The summed E-state index contributed by atoms with van der Waals surface area (Å²) in [5, 5.41) is 0.758. The first-order valence-corrected chi connectivity index (χ1v) is 9.91. The average Bonchev–Trinajstić information content (AvgIpc) is 2.73. The number of aromatic amines is 1. The van der Waals surface area contributed by atoms with Gasteiger partial charge >= 0.3 is 6.36 Å². The number of pyridine rings is 1. The Labute approximate surface area is 186 Å². The van der Waals surface area contributed by atoms with Crippen LogP contribution in [-0.4, -0.2) is 18.5 Å². The molecule has 0 unspecified atom stereocenters. The largest absolute Gasteiger partial charge is 0.573 e. The van der Waals surface area contributed by atoms with E-state index in [-0.39, 0.29) is 11.2 Å². The maximum Gasteiger partial charge on any atom is 0.573 e. The molecule has 0 fully saturated rings. The predicted molar refractivity (Wildman–Crippen MR) is 118 cm³/mol. The number of H-pyrrole nitrogens is 1. The Morgan fingerprint density at radius 2 is 1.62 bits per heavy atom. The first-order valence-electron chi connectivity index (χ1n) is 9.53. The smallest absolute Gasteiger partial charge is 0.495 e. The molecule has 1 N–H and O–H groups in total. The van der Waals surface area contributed by atoms with Gasteiger partial charge in [0.2, 0.25) is 0 Å². The Morgan fingerprint density at radius 1 is 0.938 bits per heavy atom. The summed E-state index contributed by atoms with van der Waals surface area (Å²) in [5.74, 6) is 0.163. The summed E-state index contributed by atoms with van der Waals surface area (Å²) in [7, 11) is 1.50. The van der Waals surface area contributed by atoms with Gasteiger partial charge in [-0.1, -0.05) is 48.0 Å². The number of aromatic nitrogens is 1. The average molecular weight is 460 g/mol. The minimum atomic E-state index is -4.76. The molecule has 0 atom stereocenters. The van der Waals surface area contributed by atoms with Crippen LogP contribution in [0, 0.1) is 6.92 Å². The molecule has 164 valence electrons. The quantitative estimate of drug-likeness (QED) is 0.368. The molecule has 0 amide bonds. The maximum atomic E-state index is 13.2. The fraction of sp³-hybridized carbons (Fsp3) is 0.125. The topological polar surface area (TPSA) is 51.3 Å². The molecule has 0 saturated heterocycles. The lowest BCUT2D eigenvalue weighted by Crippen LogP contribution is -2.17. The Bertz CT molecular complexity index is 1360. The monoisotopic (exact) mass is 459 g/mol. The number of hydrogen-bond acceptors (Lipinski definition) is 3. The SMILES string of the molecule is COc1cc2[nH]c(C)c(-c3ccc(-c4cccc(OC(F)(F)F)c4)cc3)c(=O)c2cc1Cl. The highest BCUT2D eigenvalue weighted by Gasteiger charge is 2.31. The molecule has 1 heterocycles. The van der Waals surface area contributed by atoms with Crippen LogP contribution in [0.5, 0.6) is 11.5 Å². The third kappa shape index (κ3) is 4.29. The number of nitrogens with one attached hydrogen (secondary N) is 1. The number of halogens is 4. The van der Waals surface area contributed by atoms with Gasteiger partial charge in [0.15, 0.2) is 5.43 Å². The molecule has 0 aliphatic rings. The van der Waals surface area contributed by atoms with Crippen molar-refractivity contribution in [1.29, 1.82) is 0 Å². The van der Waals surface area contributed by atoms with Crippen LogP contribution in [0.1, 0.15) is 5.69 Å². The number of benzene rings is 3. The highest BCUT2D eigenvalue weighted by Crippen LogP contribution is 2.32. The first-order chi connectivity index (χ1) is 15.2. The standard InChI is InChI=1S/C24H17ClF3NO3/c1-13-22(23(30)18-11-19(25)21(31-2)12-20(18)29-13)15-8-6-14(7-9-15)16-4-3-5-17(10-16)32-24(26,27)28/h3-12H,1-2H3,(H,29,30). The van der Waals surface area contributed by atoms with Gasteiger partial charge in [-0.05, 0) is 41.8 Å².